The summed E-state index contributed by atoms with van der Waals surface area (Å²) in [6.45, 7) is 0. The number of benzene rings is 2. The van der Waals surface area contributed by atoms with Crippen molar-refractivity contribution in [2.75, 3.05) is 12.4 Å². The molecule has 0 bridgehead atoms. The molecular formula is C15H10F3NO3. The molecule has 0 aromatic heterocycles. The number of esters is 1. The lowest BCUT2D eigenvalue weighted by molar-refractivity contribution is 0.0600. The van der Waals surface area contributed by atoms with Crippen LogP contribution in [-0.4, -0.2) is 19.0 Å². The van der Waals surface area contributed by atoms with Gasteiger partial charge in [-0.25, -0.2) is 18.0 Å². The van der Waals surface area contributed by atoms with E-state index < -0.39 is 29.3 Å². The van der Waals surface area contributed by atoms with Gasteiger partial charge in [-0.1, -0.05) is 0 Å². The van der Waals surface area contributed by atoms with Crippen molar-refractivity contribution in [3.05, 3.63) is 65.0 Å². The lowest BCUT2D eigenvalue weighted by Gasteiger charge is -2.08. The predicted octanol–water partition coefficient (Wildman–Crippen LogP) is 3.14. The van der Waals surface area contributed by atoms with E-state index in [-0.39, 0.29) is 16.8 Å². The van der Waals surface area contributed by atoms with Gasteiger partial charge in [0, 0.05) is 5.56 Å². The Kier molecular flexibility index (Phi) is 4.45. The first-order chi connectivity index (χ1) is 10.4. The third-order valence-corrected chi connectivity index (χ3v) is 2.82. The van der Waals surface area contributed by atoms with E-state index in [2.05, 4.69) is 10.1 Å². The van der Waals surface area contributed by atoms with Gasteiger partial charge in [0.15, 0.2) is 11.6 Å². The van der Waals surface area contributed by atoms with Crippen LogP contribution in [0.2, 0.25) is 0 Å². The quantitative estimate of drug-likeness (QED) is 0.886. The number of ether oxygens (including phenoxy) is 1. The highest BCUT2D eigenvalue weighted by Gasteiger charge is 2.14. The molecule has 2 aromatic rings. The van der Waals surface area contributed by atoms with Crippen molar-refractivity contribution in [1.29, 1.82) is 0 Å². The number of halogens is 3. The summed E-state index contributed by atoms with van der Waals surface area (Å²) >= 11 is 0. The van der Waals surface area contributed by atoms with Crippen molar-refractivity contribution in [3.63, 3.8) is 0 Å². The minimum Gasteiger partial charge on any atom is -0.465 e. The Morgan fingerprint density at radius 2 is 1.55 bits per heavy atom. The van der Waals surface area contributed by atoms with E-state index in [0.29, 0.717) is 6.07 Å². The standard InChI is InChI=1S/C15H10F3NO3/c1-22-15(21)9-3-5-11(17)13(7-9)19-14(20)8-2-4-10(16)12(18)6-8/h2-7H,1H3,(H,19,20). The summed E-state index contributed by atoms with van der Waals surface area (Å²) in [4.78, 5) is 23.3. The summed E-state index contributed by atoms with van der Waals surface area (Å²) in [6, 6.07) is 5.77. The molecular weight excluding hydrogens is 299 g/mol. The zero-order valence-corrected chi connectivity index (χ0v) is 11.3. The number of hydrogen-bond acceptors (Lipinski definition) is 3. The van der Waals surface area contributed by atoms with Crippen LogP contribution in [0.25, 0.3) is 0 Å². The third kappa shape index (κ3) is 3.25. The second-order valence-corrected chi connectivity index (χ2v) is 4.27. The van der Waals surface area contributed by atoms with Crippen LogP contribution in [0.1, 0.15) is 20.7 Å². The molecule has 0 aliphatic carbocycles. The van der Waals surface area contributed by atoms with Crippen LogP contribution in [0.4, 0.5) is 18.9 Å². The summed E-state index contributed by atoms with van der Waals surface area (Å²) in [5, 5.41) is 2.18. The fourth-order valence-electron chi connectivity index (χ4n) is 1.70. The van der Waals surface area contributed by atoms with Gasteiger partial charge in [0.1, 0.15) is 5.82 Å². The highest BCUT2D eigenvalue weighted by Crippen LogP contribution is 2.18. The number of carbonyl (C=O) groups excluding carboxylic acids is 2. The van der Waals surface area contributed by atoms with Gasteiger partial charge in [0.25, 0.3) is 5.91 Å². The molecule has 0 heterocycles. The fraction of sp³-hybridized carbons (Fsp3) is 0.0667. The van der Waals surface area contributed by atoms with Crippen molar-refractivity contribution in [3.8, 4) is 0 Å². The van der Waals surface area contributed by atoms with Gasteiger partial charge < -0.3 is 10.1 Å². The molecule has 0 spiro atoms. The van der Waals surface area contributed by atoms with E-state index in [1.165, 1.54) is 6.07 Å². The second kappa shape index (κ2) is 6.30. The molecule has 1 amide bonds. The number of amides is 1. The van der Waals surface area contributed by atoms with Crippen molar-refractivity contribution in [1.82, 2.24) is 0 Å². The van der Waals surface area contributed by atoms with Crippen LogP contribution in [0.15, 0.2) is 36.4 Å². The molecule has 4 nitrogen and oxygen atoms in total. The van der Waals surface area contributed by atoms with Crippen LogP contribution >= 0.6 is 0 Å². The molecule has 114 valence electrons. The number of anilines is 1. The molecule has 7 heteroatoms. The minimum atomic E-state index is -1.20. The molecule has 22 heavy (non-hydrogen) atoms. The Morgan fingerprint density at radius 3 is 2.18 bits per heavy atom. The number of hydrogen-bond donors (Lipinski definition) is 1. The van der Waals surface area contributed by atoms with Crippen LogP contribution in [0.3, 0.4) is 0 Å². The van der Waals surface area contributed by atoms with E-state index in [4.69, 9.17) is 0 Å². The van der Waals surface area contributed by atoms with Crippen molar-refractivity contribution >= 4 is 17.6 Å². The Morgan fingerprint density at radius 1 is 0.909 bits per heavy atom. The maximum atomic E-state index is 13.7. The Hall–Kier alpha value is -2.83. The van der Waals surface area contributed by atoms with Gasteiger partial charge in [-0.2, -0.15) is 0 Å². The first kappa shape index (κ1) is 15.6. The summed E-state index contributed by atoms with van der Waals surface area (Å²) in [5.41, 5.74) is -0.441. The monoisotopic (exact) mass is 309 g/mol. The van der Waals surface area contributed by atoms with E-state index >= 15 is 0 Å². The van der Waals surface area contributed by atoms with Gasteiger partial charge in [-0.05, 0) is 36.4 Å². The lowest BCUT2D eigenvalue weighted by atomic mass is 10.1. The molecule has 0 aliphatic heterocycles. The van der Waals surface area contributed by atoms with E-state index in [1.807, 2.05) is 0 Å². The molecule has 2 rings (SSSR count). The van der Waals surface area contributed by atoms with Crippen LogP contribution in [0, 0.1) is 17.5 Å². The maximum Gasteiger partial charge on any atom is 0.337 e. The summed E-state index contributed by atoms with van der Waals surface area (Å²) < 4.78 is 44.0. The first-order valence-electron chi connectivity index (χ1n) is 6.06. The van der Waals surface area contributed by atoms with Crippen LogP contribution in [0.5, 0.6) is 0 Å². The lowest BCUT2D eigenvalue weighted by Crippen LogP contribution is -2.14. The van der Waals surface area contributed by atoms with Crippen molar-refractivity contribution in [2.45, 2.75) is 0 Å². The maximum absolute atomic E-state index is 13.7. The third-order valence-electron chi connectivity index (χ3n) is 2.82. The number of nitrogens with one attached hydrogen (secondary N) is 1. The van der Waals surface area contributed by atoms with Crippen LogP contribution in [-0.2, 0) is 4.74 Å². The number of methoxy groups -OCH3 is 1. The minimum absolute atomic E-state index is 0.0319. The Bertz CT molecular complexity index is 747. The molecule has 0 saturated heterocycles. The van der Waals surface area contributed by atoms with Crippen LogP contribution < -0.4 is 5.32 Å². The van der Waals surface area contributed by atoms with Gasteiger partial charge in [0.2, 0.25) is 0 Å². The van der Waals surface area contributed by atoms with Crippen molar-refractivity contribution < 1.29 is 27.5 Å². The van der Waals surface area contributed by atoms with Crippen molar-refractivity contribution in [2.24, 2.45) is 0 Å². The van der Waals surface area contributed by atoms with E-state index in [9.17, 15) is 22.8 Å². The molecule has 0 saturated carbocycles. The fourth-order valence-corrected chi connectivity index (χ4v) is 1.70. The second-order valence-electron chi connectivity index (χ2n) is 4.27. The molecule has 0 fully saturated rings. The first-order valence-corrected chi connectivity index (χ1v) is 6.06. The Labute approximate surface area is 123 Å². The Balaban J connectivity index is 2.27. The number of carbonyl (C=O) groups is 2. The normalized spacial score (nSPS) is 10.2. The molecule has 0 unspecified atom stereocenters. The summed E-state index contributed by atoms with van der Waals surface area (Å²) in [5.74, 6) is -4.64. The average molecular weight is 309 g/mol. The topological polar surface area (TPSA) is 55.4 Å². The smallest absolute Gasteiger partial charge is 0.337 e. The molecule has 0 radical (unpaired) electrons. The highest BCUT2D eigenvalue weighted by atomic mass is 19.2. The van der Waals surface area contributed by atoms with Gasteiger partial charge in [-0.15, -0.1) is 0 Å². The average Bonchev–Trinajstić information content (AvgIpc) is 2.51. The molecule has 0 aliphatic rings. The van der Waals surface area contributed by atoms with E-state index in [0.717, 1.165) is 31.4 Å². The SMILES string of the molecule is COC(=O)c1ccc(F)c(NC(=O)c2ccc(F)c(F)c2)c1. The largest absolute Gasteiger partial charge is 0.465 e. The predicted molar refractivity (Wildman–Crippen MR) is 72.1 cm³/mol. The van der Waals surface area contributed by atoms with Gasteiger partial charge in [0.05, 0.1) is 18.4 Å². The summed E-state index contributed by atoms with van der Waals surface area (Å²) in [7, 11) is 1.16. The summed E-state index contributed by atoms with van der Waals surface area (Å²) in [6.07, 6.45) is 0. The zero-order chi connectivity index (χ0) is 16.3. The highest BCUT2D eigenvalue weighted by molar-refractivity contribution is 6.05. The zero-order valence-electron chi connectivity index (χ0n) is 11.3. The van der Waals surface area contributed by atoms with E-state index in [1.54, 1.807) is 0 Å². The molecule has 0 atom stereocenters. The van der Waals surface area contributed by atoms with Gasteiger partial charge in [-0.3, -0.25) is 4.79 Å². The number of rotatable bonds is 3. The molecule has 2 aromatic carbocycles. The van der Waals surface area contributed by atoms with Gasteiger partial charge >= 0.3 is 5.97 Å². The molecule has 1 N–H and O–H groups in total.